The van der Waals surface area contributed by atoms with Crippen molar-refractivity contribution in [1.29, 1.82) is 0 Å². The van der Waals surface area contributed by atoms with E-state index >= 15 is 0 Å². The zero-order chi connectivity index (χ0) is 18.4. The number of aromatic nitrogens is 2. The fourth-order valence-corrected chi connectivity index (χ4v) is 2.82. The fourth-order valence-electron chi connectivity index (χ4n) is 2.82. The molecular weight excluding hydrogens is 332 g/mol. The van der Waals surface area contributed by atoms with Crippen molar-refractivity contribution < 1.29 is 14.3 Å². The normalized spacial score (nSPS) is 16.4. The van der Waals surface area contributed by atoms with E-state index < -0.39 is 0 Å². The van der Waals surface area contributed by atoms with E-state index in [0.717, 1.165) is 30.8 Å². The summed E-state index contributed by atoms with van der Waals surface area (Å²) in [5.74, 6) is 2.18. The van der Waals surface area contributed by atoms with Crippen LogP contribution in [0.1, 0.15) is 25.8 Å². The van der Waals surface area contributed by atoms with Crippen molar-refractivity contribution in [3.63, 3.8) is 0 Å². The second-order valence-electron chi connectivity index (χ2n) is 6.18. The van der Waals surface area contributed by atoms with Gasteiger partial charge in [0.15, 0.2) is 5.75 Å². The molecule has 7 heteroatoms. The molecule has 1 aromatic carbocycles. The molecule has 7 nitrogen and oxygen atoms in total. The van der Waals surface area contributed by atoms with Crippen LogP contribution in [-0.4, -0.2) is 41.7 Å². The molecule has 1 fully saturated rings. The van der Waals surface area contributed by atoms with Crippen LogP contribution in [-0.2, 0) is 11.3 Å². The SMILES string of the molecule is CCOc1cnc(N2CC[C@@H](Oc3ccc(CNC(C)=O)cc3)C2)nc1. The molecule has 138 valence electrons. The van der Waals surface area contributed by atoms with E-state index in [2.05, 4.69) is 20.2 Å². The number of ether oxygens (including phenoxy) is 2. The molecule has 1 aliphatic rings. The lowest BCUT2D eigenvalue weighted by Crippen LogP contribution is -2.26. The number of nitrogens with zero attached hydrogens (tertiary/aromatic N) is 3. The Kier molecular flexibility index (Phi) is 5.88. The standard InChI is InChI=1S/C19H24N4O3/c1-3-25-18-11-21-19(22-12-18)23-9-8-17(13-23)26-16-6-4-15(5-7-16)10-20-14(2)24/h4-7,11-12,17H,3,8-10,13H2,1-2H3,(H,20,24)/t17-/m1/s1. The summed E-state index contributed by atoms with van der Waals surface area (Å²) in [6.07, 6.45) is 4.43. The third-order valence-corrected chi connectivity index (χ3v) is 4.12. The number of amides is 1. The molecule has 2 heterocycles. The van der Waals surface area contributed by atoms with Gasteiger partial charge >= 0.3 is 0 Å². The summed E-state index contributed by atoms with van der Waals surface area (Å²) in [7, 11) is 0. The van der Waals surface area contributed by atoms with Crippen molar-refractivity contribution in [2.75, 3.05) is 24.6 Å². The van der Waals surface area contributed by atoms with E-state index in [1.165, 1.54) is 6.92 Å². The van der Waals surface area contributed by atoms with Gasteiger partial charge in [0.05, 0.1) is 25.5 Å². The van der Waals surface area contributed by atoms with Crippen molar-refractivity contribution in [1.82, 2.24) is 15.3 Å². The van der Waals surface area contributed by atoms with Crippen LogP contribution in [0, 0.1) is 0 Å². The summed E-state index contributed by atoms with van der Waals surface area (Å²) in [5, 5.41) is 2.78. The topological polar surface area (TPSA) is 76.6 Å². The lowest BCUT2D eigenvalue weighted by molar-refractivity contribution is -0.119. The van der Waals surface area contributed by atoms with Crippen LogP contribution in [0.3, 0.4) is 0 Å². The first-order valence-electron chi connectivity index (χ1n) is 8.84. The summed E-state index contributed by atoms with van der Waals surface area (Å²) in [6.45, 7) is 6.19. The highest BCUT2D eigenvalue weighted by atomic mass is 16.5. The third kappa shape index (κ3) is 4.84. The quantitative estimate of drug-likeness (QED) is 0.819. The molecule has 0 saturated carbocycles. The van der Waals surface area contributed by atoms with E-state index in [1.807, 2.05) is 31.2 Å². The number of nitrogens with one attached hydrogen (secondary N) is 1. The highest BCUT2D eigenvalue weighted by Crippen LogP contribution is 2.22. The Morgan fingerprint density at radius 3 is 2.62 bits per heavy atom. The Morgan fingerprint density at radius 1 is 1.23 bits per heavy atom. The van der Waals surface area contributed by atoms with Crippen molar-refractivity contribution in [3.05, 3.63) is 42.2 Å². The van der Waals surface area contributed by atoms with Crippen LogP contribution in [0.4, 0.5) is 5.95 Å². The molecule has 0 bridgehead atoms. The summed E-state index contributed by atoms with van der Waals surface area (Å²) < 4.78 is 11.4. The Hall–Kier alpha value is -2.83. The molecule has 3 rings (SSSR count). The minimum Gasteiger partial charge on any atom is -0.491 e. The smallest absolute Gasteiger partial charge is 0.225 e. The Balaban J connectivity index is 1.51. The van der Waals surface area contributed by atoms with Gasteiger partial charge in [-0.15, -0.1) is 0 Å². The van der Waals surface area contributed by atoms with Gasteiger partial charge in [0.2, 0.25) is 11.9 Å². The van der Waals surface area contributed by atoms with Gasteiger partial charge < -0.3 is 19.7 Å². The summed E-state index contributed by atoms with van der Waals surface area (Å²) in [4.78, 5) is 21.8. The summed E-state index contributed by atoms with van der Waals surface area (Å²) >= 11 is 0. The first-order valence-corrected chi connectivity index (χ1v) is 8.84. The zero-order valence-corrected chi connectivity index (χ0v) is 15.1. The molecular formula is C19H24N4O3. The van der Waals surface area contributed by atoms with Crippen molar-refractivity contribution in [3.8, 4) is 11.5 Å². The number of benzene rings is 1. The van der Waals surface area contributed by atoms with Crippen LogP contribution in [0.15, 0.2) is 36.7 Å². The van der Waals surface area contributed by atoms with E-state index in [4.69, 9.17) is 9.47 Å². The monoisotopic (exact) mass is 356 g/mol. The van der Waals surface area contributed by atoms with Gasteiger partial charge in [-0.1, -0.05) is 12.1 Å². The predicted octanol–water partition coefficient (Wildman–Crippen LogP) is 2.17. The number of hydrogen-bond donors (Lipinski definition) is 1. The van der Waals surface area contributed by atoms with Gasteiger partial charge in [-0.3, -0.25) is 4.79 Å². The zero-order valence-electron chi connectivity index (χ0n) is 15.1. The second-order valence-corrected chi connectivity index (χ2v) is 6.18. The van der Waals surface area contributed by atoms with Gasteiger partial charge in [-0.2, -0.15) is 0 Å². The second kappa shape index (κ2) is 8.51. The molecule has 0 aliphatic carbocycles. The first kappa shape index (κ1) is 18.0. The van der Waals surface area contributed by atoms with Crippen LogP contribution < -0.4 is 19.7 Å². The van der Waals surface area contributed by atoms with E-state index in [-0.39, 0.29) is 12.0 Å². The van der Waals surface area contributed by atoms with Gasteiger partial charge in [-0.25, -0.2) is 9.97 Å². The van der Waals surface area contributed by atoms with Crippen LogP contribution in [0.2, 0.25) is 0 Å². The molecule has 0 unspecified atom stereocenters. The van der Waals surface area contributed by atoms with Crippen molar-refractivity contribution in [2.45, 2.75) is 32.9 Å². The van der Waals surface area contributed by atoms with Gasteiger partial charge in [0, 0.05) is 26.4 Å². The molecule has 1 saturated heterocycles. The largest absolute Gasteiger partial charge is 0.491 e. The fraction of sp³-hybridized carbons (Fsp3) is 0.421. The third-order valence-electron chi connectivity index (χ3n) is 4.12. The molecule has 26 heavy (non-hydrogen) atoms. The molecule has 0 spiro atoms. The first-order chi connectivity index (χ1) is 12.6. The van der Waals surface area contributed by atoms with Crippen molar-refractivity contribution >= 4 is 11.9 Å². The Labute approximate surface area is 153 Å². The lowest BCUT2D eigenvalue weighted by Gasteiger charge is -2.17. The van der Waals surface area contributed by atoms with Crippen LogP contribution in [0.5, 0.6) is 11.5 Å². The van der Waals surface area contributed by atoms with Crippen LogP contribution in [0.25, 0.3) is 0 Å². The molecule has 1 aliphatic heterocycles. The maximum Gasteiger partial charge on any atom is 0.225 e. The average molecular weight is 356 g/mol. The Morgan fingerprint density at radius 2 is 1.96 bits per heavy atom. The maximum atomic E-state index is 11.0. The molecule has 1 aromatic heterocycles. The average Bonchev–Trinajstić information content (AvgIpc) is 3.10. The lowest BCUT2D eigenvalue weighted by atomic mass is 10.2. The Bertz CT molecular complexity index is 719. The molecule has 0 radical (unpaired) electrons. The minimum atomic E-state index is -0.0344. The van der Waals surface area contributed by atoms with Gasteiger partial charge in [0.25, 0.3) is 0 Å². The highest BCUT2D eigenvalue weighted by Gasteiger charge is 2.25. The summed E-state index contributed by atoms with van der Waals surface area (Å²) in [5.41, 5.74) is 1.04. The number of carbonyl (C=O) groups is 1. The minimum absolute atomic E-state index is 0.0344. The van der Waals surface area contributed by atoms with E-state index in [0.29, 0.717) is 24.8 Å². The number of rotatable bonds is 7. The number of anilines is 1. The maximum absolute atomic E-state index is 11.0. The summed E-state index contributed by atoms with van der Waals surface area (Å²) in [6, 6.07) is 7.81. The molecule has 2 aromatic rings. The van der Waals surface area contributed by atoms with E-state index in [9.17, 15) is 4.79 Å². The number of hydrogen-bond acceptors (Lipinski definition) is 6. The highest BCUT2D eigenvalue weighted by molar-refractivity contribution is 5.72. The molecule has 1 amide bonds. The molecule has 1 atom stereocenters. The van der Waals surface area contributed by atoms with E-state index in [1.54, 1.807) is 12.4 Å². The predicted molar refractivity (Wildman–Crippen MR) is 98.4 cm³/mol. The van der Waals surface area contributed by atoms with Gasteiger partial charge in [-0.05, 0) is 24.6 Å². The van der Waals surface area contributed by atoms with Gasteiger partial charge in [0.1, 0.15) is 11.9 Å². The van der Waals surface area contributed by atoms with Crippen molar-refractivity contribution in [2.24, 2.45) is 0 Å². The number of carbonyl (C=O) groups excluding carboxylic acids is 1. The molecule has 1 N–H and O–H groups in total. The van der Waals surface area contributed by atoms with Crippen LogP contribution >= 0.6 is 0 Å².